The van der Waals surface area contributed by atoms with Gasteiger partial charge in [0.2, 0.25) is 11.8 Å². The molecule has 2 saturated heterocycles. The molecule has 0 saturated carbocycles. The van der Waals surface area contributed by atoms with E-state index in [9.17, 15) is 0 Å². The van der Waals surface area contributed by atoms with E-state index in [1.807, 2.05) is 13.0 Å². The van der Waals surface area contributed by atoms with E-state index in [1.54, 1.807) is 6.20 Å². The minimum atomic E-state index is 0.438. The molecule has 0 amide bonds. The smallest absolute Gasteiger partial charge is 0.228 e. The molecule has 1 unspecified atom stereocenters. The van der Waals surface area contributed by atoms with Gasteiger partial charge in [0.05, 0.1) is 6.61 Å². The third kappa shape index (κ3) is 3.67. The summed E-state index contributed by atoms with van der Waals surface area (Å²) in [5.74, 6) is 1.46. The Balaban J connectivity index is 1.54. The molecule has 22 heavy (non-hydrogen) atoms. The molecule has 3 heterocycles. The summed E-state index contributed by atoms with van der Waals surface area (Å²) in [6, 6.07) is 1.82. The van der Waals surface area contributed by atoms with Crippen molar-refractivity contribution in [3.63, 3.8) is 0 Å². The molecule has 0 bridgehead atoms. The molecule has 1 aromatic rings. The second-order valence-electron chi connectivity index (χ2n) is 6.63. The first-order valence-corrected chi connectivity index (χ1v) is 8.32. The number of hydrogen-bond acceptors (Lipinski definition) is 6. The van der Waals surface area contributed by atoms with E-state index in [-0.39, 0.29) is 0 Å². The molecule has 0 aliphatic carbocycles. The maximum Gasteiger partial charge on any atom is 0.228 e. The number of piperazine rings is 1. The molecule has 2 aliphatic heterocycles. The van der Waals surface area contributed by atoms with Gasteiger partial charge in [0.1, 0.15) is 0 Å². The Hall–Kier alpha value is -1.40. The molecule has 0 aromatic carbocycles. The SMILES string of the molecule is CCOc1ccnc(N2CCN(CC3(C)CCNC3)CC2)n1. The van der Waals surface area contributed by atoms with Crippen molar-refractivity contribution in [1.29, 1.82) is 0 Å². The minimum Gasteiger partial charge on any atom is -0.478 e. The zero-order chi connectivity index (χ0) is 15.4. The Kier molecular flexibility index (Phi) is 4.78. The molecule has 2 fully saturated rings. The average Bonchev–Trinajstić information content (AvgIpc) is 2.95. The molecule has 2 aliphatic rings. The quantitative estimate of drug-likeness (QED) is 0.876. The maximum absolute atomic E-state index is 5.47. The highest BCUT2D eigenvalue weighted by Crippen LogP contribution is 2.26. The number of ether oxygens (including phenoxy) is 1. The zero-order valence-corrected chi connectivity index (χ0v) is 13.7. The second kappa shape index (κ2) is 6.79. The van der Waals surface area contributed by atoms with Crippen LogP contribution < -0.4 is 15.0 Å². The highest BCUT2D eigenvalue weighted by Gasteiger charge is 2.32. The number of nitrogens with one attached hydrogen (secondary N) is 1. The highest BCUT2D eigenvalue weighted by atomic mass is 16.5. The van der Waals surface area contributed by atoms with Gasteiger partial charge in [-0.25, -0.2) is 4.98 Å². The van der Waals surface area contributed by atoms with Crippen LogP contribution in [0.3, 0.4) is 0 Å². The number of hydrogen-bond donors (Lipinski definition) is 1. The second-order valence-corrected chi connectivity index (χ2v) is 6.63. The van der Waals surface area contributed by atoms with Gasteiger partial charge in [-0.2, -0.15) is 4.98 Å². The number of nitrogens with zero attached hydrogens (tertiary/aromatic N) is 4. The van der Waals surface area contributed by atoms with Crippen LogP contribution in [0.2, 0.25) is 0 Å². The topological polar surface area (TPSA) is 53.5 Å². The summed E-state index contributed by atoms with van der Waals surface area (Å²) in [7, 11) is 0. The molecular weight excluding hydrogens is 278 g/mol. The average molecular weight is 305 g/mol. The zero-order valence-electron chi connectivity index (χ0n) is 13.7. The lowest BCUT2D eigenvalue weighted by atomic mass is 9.89. The highest BCUT2D eigenvalue weighted by molar-refractivity contribution is 5.32. The lowest BCUT2D eigenvalue weighted by Gasteiger charge is -2.38. The van der Waals surface area contributed by atoms with E-state index in [2.05, 4.69) is 32.0 Å². The first kappa shape index (κ1) is 15.5. The van der Waals surface area contributed by atoms with Gasteiger partial charge >= 0.3 is 0 Å². The molecule has 1 atom stereocenters. The Morgan fingerprint density at radius 2 is 2.14 bits per heavy atom. The standard InChI is InChI=1S/C16H27N5O/c1-3-22-14-4-6-18-15(19-14)21-10-8-20(9-11-21)13-16(2)5-7-17-12-16/h4,6,17H,3,5,7-13H2,1-2H3. The normalized spacial score (nSPS) is 26.4. The Bertz CT molecular complexity index is 481. The third-order valence-electron chi connectivity index (χ3n) is 4.63. The van der Waals surface area contributed by atoms with Gasteiger partial charge < -0.3 is 15.0 Å². The summed E-state index contributed by atoms with van der Waals surface area (Å²) in [4.78, 5) is 13.7. The van der Waals surface area contributed by atoms with Gasteiger partial charge in [0.25, 0.3) is 0 Å². The Morgan fingerprint density at radius 1 is 1.32 bits per heavy atom. The fourth-order valence-corrected chi connectivity index (χ4v) is 3.36. The molecule has 6 heteroatoms. The fraction of sp³-hybridized carbons (Fsp3) is 0.750. The van der Waals surface area contributed by atoms with E-state index >= 15 is 0 Å². The molecule has 6 nitrogen and oxygen atoms in total. The van der Waals surface area contributed by atoms with Gasteiger partial charge in [0, 0.05) is 51.5 Å². The van der Waals surface area contributed by atoms with Crippen LogP contribution in [0.4, 0.5) is 5.95 Å². The predicted molar refractivity (Wildman–Crippen MR) is 87.4 cm³/mol. The van der Waals surface area contributed by atoms with Crippen molar-refractivity contribution in [2.24, 2.45) is 5.41 Å². The number of anilines is 1. The summed E-state index contributed by atoms with van der Waals surface area (Å²) in [6.45, 7) is 12.6. The lowest BCUT2D eigenvalue weighted by Crippen LogP contribution is -2.50. The van der Waals surface area contributed by atoms with Crippen LogP contribution in [0, 0.1) is 5.41 Å². The molecule has 1 N–H and O–H groups in total. The van der Waals surface area contributed by atoms with Crippen LogP contribution in [0.25, 0.3) is 0 Å². The molecule has 122 valence electrons. The summed E-state index contributed by atoms with van der Waals surface area (Å²) >= 11 is 0. The van der Waals surface area contributed by atoms with Gasteiger partial charge in [-0.05, 0) is 25.3 Å². The number of aromatic nitrogens is 2. The van der Waals surface area contributed by atoms with Crippen LogP contribution in [0.15, 0.2) is 12.3 Å². The largest absolute Gasteiger partial charge is 0.478 e. The Labute approximate surface area is 132 Å². The lowest BCUT2D eigenvalue weighted by molar-refractivity contribution is 0.169. The van der Waals surface area contributed by atoms with Crippen molar-refractivity contribution < 1.29 is 4.74 Å². The van der Waals surface area contributed by atoms with E-state index in [0.717, 1.165) is 45.2 Å². The van der Waals surface area contributed by atoms with Crippen molar-refractivity contribution >= 4 is 5.95 Å². The first-order valence-electron chi connectivity index (χ1n) is 8.32. The third-order valence-corrected chi connectivity index (χ3v) is 4.63. The molecule has 1 aromatic heterocycles. The minimum absolute atomic E-state index is 0.438. The van der Waals surface area contributed by atoms with Gasteiger partial charge in [-0.1, -0.05) is 6.92 Å². The summed E-state index contributed by atoms with van der Waals surface area (Å²) in [5.41, 5.74) is 0.438. The summed E-state index contributed by atoms with van der Waals surface area (Å²) in [5, 5.41) is 3.48. The van der Waals surface area contributed by atoms with Crippen LogP contribution >= 0.6 is 0 Å². The number of rotatable bonds is 5. The van der Waals surface area contributed by atoms with Crippen LogP contribution in [-0.2, 0) is 0 Å². The van der Waals surface area contributed by atoms with Crippen LogP contribution in [-0.4, -0.2) is 67.3 Å². The van der Waals surface area contributed by atoms with Gasteiger partial charge in [-0.3, -0.25) is 4.90 Å². The maximum atomic E-state index is 5.47. The van der Waals surface area contributed by atoms with Crippen molar-refractivity contribution in [1.82, 2.24) is 20.2 Å². The van der Waals surface area contributed by atoms with Crippen molar-refractivity contribution in [2.45, 2.75) is 20.3 Å². The summed E-state index contributed by atoms with van der Waals surface area (Å²) in [6.07, 6.45) is 3.07. The van der Waals surface area contributed by atoms with E-state index < -0.39 is 0 Å². The molecule has 3 rings (SSSR count). The van der Waals surface area contributed by atoms with Gasteiger partial charge in [0.15, 0.2) is 0 Å². The Morgan fingerprint density at radius 3 is 2.82 bits per heavy atom. The van der Waals surface area contributed by atoms with E-state index in [0.29, 0.717) is 17.9 Å². The predicted octanol–water partition coefficient (Wildman–Crippen LogP) is 0.997. The molecule has 0 spiro atoms. The fourth-order valence-electron chi connectivity index (χ4n) is 3.36. The van der Waals surface area contributed by atoms with Crippen molar-refractivity contribution in [3.05, 3.63) is 12.3 Å². The molecular formula is C16H27N5O. The van der Waals surface area contributed by atoms with Crippen LogP contribution in [0.5, 0.6) is 5.88 Å². The summed E-state index contributed by atoms with van der Waals surface area (Å²) < 4.78 is 5.47. The van der Waals surface area contributed by atoms with Crippen LogP contribution in [0.1, 0.15) is 20.3 Å². The van der Waals surface area contributed by atoms with E-state index in [4.69, 9.17) is 4.74 Å². The monoisotopic (exact) mass is 305 g/mol. The first-order chi connectivity index (χ1) is 10.7. The van der Waals surface area contributed by atoms with E-state index in [1.165, 1.54) is 13.0 Å². The van der Waals surface area contributed by atoms with Crippen molar-refractivity contribution in [3.8, 4) is 5.88 Å². The molecule has 0 radical (unpaired) electrons. The van der Waals surface area contributed by atoms with Crippen molar-refractivity contribution in [2.75, 3.05) is 57.3 Å². The van der Waals surface area contributed by atoms with Gasteiger partial charge in [-0.15, -0.1) is 0 Å².